The normalized spacial score (nSPS) is 25.4. The van der Waals surface area contributed by atoms with Gasteiger partial charge in [0.05, 0.1) is 5.69 Å². The van der Waals surface area contributed by atoms with E-state index >= 15 is 0 Å². The van der Waals surface area contributed by atoms with Gasteiger partial charge in [0.15, 0.2) is 0 Å². The maximum Gasteiger partial charge on any atom is 0.0509 e. The SMILES string of the molecule is c1ccc(-c2ccc(N(c3ccc(-c4ccc(C5CCCCC5)cc4)cc3)c3cccc4c3C3(c5ccccc5-4)C4CC5CC(C4)CC3C5)cc2)cc1. The van der Waals surface area contributed by atoms with Crippen molar-refractivity contribution in [3.63, 3.8) is 0 Å². The highest BCUT2D eigenvalue weighted by atomic mass is 15.1. The molecule has 0 N–H and O–H groups in total. The third kappa shape index (κ3) is 5.03. The summed E-state index contributed by atoms with van der Waals surface area (Å²) < 4.78 is 0. The Morgan fingerprint density at radius 2 is 0.962 bits per heavy atom. The summed E-state index contributed by atoms with van der Waals surface area (Å²) in [6.07, 6.45) is 13.8. The number of rotatable bonds is 6. The molecule has 0 saturated heterocycles. The number of anilines is 3. The highest BCUT2D eigenvalue weighted by Gasteiger charge is 2.62. The molecule has 1 nitrogen and oxygen atoms in total. The van der Waals surface area contributed by atoms with Gasteiger partial charge in [-0.05, 0) is 155 Å². The predicted octanol–water partition coefficient (Wildman–Crippen LogP) is 14.3. The Morgan fingerprint density at radius 3 is 1.58 bits per heavy atom. The fourth-order valence-corrected chi connectivity index (χ4v) is 12.4. The average molecular weight is 688 g/mol. The van der Waals surface area contributed by atoms with Crippen molar-refractivity contribution in [1.29, 1.82) is 0 Å². The van der Waals surface area contributed by atoms with Gasteiger partial charge in [-0.3, -0.25) is 0 Å². The summed E-state index contributed by atoms with van der Waals surface area (Å²) in [6.45, 7) is 0. The van der Waals surface area contributed by atoms with E-state index in [2.05, 4.69) is 150 Å². The van der Waals surface area contributed by atoms with E-state index in [-0.39, 0.29) is 5.41 Å². The molecule has 6 aliphatic carbocycles. The van der Waals surface area contributed by atoms with Crippen molar-refractivity contribution in [3.8, 4) is 33.4 Å². The number of hydrogen-bond acceptors (Lipinski definition) is 1. The highest BCUT2D eigenvalue weighted by Crippen LogP contribution is 2.71. The first-order chi connectivity index (χ1) is 26.2. The molecular formula is C52H49N. The van der Waals surface area contributed by atoms with Crippen LogP contribution in [0.15, 0.2) is 146 Å². The molecule has 262 valence electrons. The fourth-order valence-electron chi connectivity index (χ4n) is 12.4. The Hall–Kier alpha value is -4.88. The quantitative estimate of drug-likeness (QED) is 0.168. The summed E-state index contributed by atoms with van der Waals surface area (Å²) >= 11 is 0. The lowest BCUT2D eigenvalue weighted by molar-refractivity contribution is -0.0397. The first kappa shape index (κ1) is 31.6. The minimum atomic E-state index is 0.0815. The molecule has 6 aromatic rings. The van der Waals surface area contributed by atoms with Gasteiger partial charge in [-0.2, -0.15) is 0 Å². The minimum absolute atomic E-state index is 0.0815. The molecule has 0 aliphatic heterocycles. The molecule has 0 radical (unpaired) electrons. The van der Waals surface area contributed by atoms with Gasteiger partial charge in [0.2, 0.25) is 0 Å². The minimum Gasteiger partial charge on any atom is -0.310 e. The van der Waals surface area contributed by atoms with E-state index in [1.54, 1.807) is 11.1 Å². The van der Waals surface area contributed by atoms with Crippen LogP contribution in [0.1, 0.15) is 86.8 Å². The molecule has 5 saturated carbocycles. The van der Waals surface area contributed by atoms with Crippen LogP contribution in [0.4, 0.5) is 17.1 Å². The zero-order valence-corrected chi connectivity index (χ0v) is 30.8. The van der Waals surface area contributed by atoms with Gasteiger partial charge in [0.1, 0.15) is 0 Å². The second-order valence-electron chi connectivity index (χ2n) is 17.2. The molecular weight excluding hydrogens is 639 g/mol. The fraction of sp³-hybridized carbons (Fsp3) is 0.308. The summed E-state index contributed by atoms with van der Waals surface area (Å²) in [5, 5.41) is 0. The molecule has 1 spiro atoms. The van der Waals surface area contributed by atoms with Crippen molar-refractivity contribution in [1.82, 2.24) is 0 Å². The van der Waals surface area contributed by atoms with Crippen LogP contribution in [0.3, 0.4) is 0 Å². The summed E-state index contributed by atoms with van der Waals surface area (Å²) in [4.78, 5) is 2.60. The van der Waals surface area contributed by atoms with Crippen LogP contribution in [-0.2, 0) is 5.41 Å². The number of nitrogens with zero attached hydrogens (tertiary/aromatic N) is 1. The molecule has 0 aromatic heterocycles. The van der Waals surface area contributed by atoms with Crippen LogP contribution in [0.5, 0.6) is 0 Å². The topological polar surface area (TPSA) is 3.24 Å². The molecule has 0 unspecified atom stereocenters. The number of fused-ring (bicyclic) bond motifs is 3. The van der Waals surface area contributed by atoms with E-state index in [1.165, 1.54) is 120 Å². The number of hydrogen-bond donors (Lipinski definition) is 0. The molecule has 6 aliphatic rings. The van der Waals surface area contributed by atoms with Crippen molar-refractivity contribution in [2.45, 2.75) is 75.5 Å². The van der Waals surface area contributed by atoms with Crippen LogP contribution in [-0.4, -0.2) is 0 Å². The van der Waals surface area contributed by atoms with Gasteiger partial charge in [-0.15, -0.1) is 0 Å². The second kappa shape index (κ2) is 12.6. The zero-order valence-electron chi connectivity index (χ0n) is 30.8. The van der Waals surface area contributed by atoms with E-state index in [9.17, 15) is 0 Å². The van der Waals surface area contributed by atoms with Crippen LogP contribution in [0, 0.1) is 23.7 Å². The van der Waals surface area contributed by atoms with E-state index in [4.69, 9.17) is 0 Å². The monoisotopic (exact) mass is 687 g/mol. The van der Waals surface area contributed by atoms with Gasteiger partial charge in [0, 0.05) is 16.8 Å². The van der Waals surface area contributed by atoms with Gasteiger partial charge in [0.25, 0.3) is 0 Å². The second-order valence-corrected chi connectivity index (χ2v) is 17.2. The highest BCUT2D eigenvalue weighted by molar-refractivity contribution is 5.92. The van der Waals surface area contributed by atoms with E-state index in [0.29, 0.717) is 11.8 Å². The molecule has 0 amide bonds. The van der Waals surface area contributed by atoms with E-state index in [1.807, 2.05) is 0 Å². The average Bonchev–Trinajstić information content (AvgIpc) is 3.52. The lowest BCUT2D eigenvalue weighted by atomic mass is 9.43. The summed E-state index contributed by atoms with van der Waals surface area (Å²) in [6, 6.07) is 55.8. The molecule has 5 fully saturated rings. The molecule has 53 heavy (non-hydrogen) atoms. The number of benzene rings is 6. The van der Waals surface area contributed by atoms with Gasteiger partial charge in [-0.1, -0.05) is 135 Å². The third-order valence-corrected chi connectivity index (χ3v) is 14.5. The zero-order chi connectivity index (χ0) is 34.9. The van der Waals surface area contributed by atoms with E-state index in [0.717, 1.165) is 17.8 Å². The largest absolute Gasteiger partial charge is 0.310 e. The van der Waals surface area contributed by atoms with Crippen molar-refractivity contribution in [2.75, 3.05) is 4.90 Å². The molecule has 1 heteroatoms. The Balaban J connectivity index is 1.05. The summed E-state index contributed by atoms with van der Waals surface area (Å²) in [7, 11) is 0. The van der Waals surface area contributed by atoms with Crippen molar-refractivity contribution >= 4 is 17.1 Å². The summed E-state index contributed by atoms with van der Waals surface area (Å²) in [5.74, 6) is 3.99. The van der Waals surface area contributed by atoms with Gasteiger partial charge < -0.3 is 4.90 Å². The molecule has 0 heterocycles. The smallest absolute Gasteiger partial charge is 0.0509 e. The molecule has 0 atom stereocenters. The molecule has 12 rings (SSSR count). The van der Waals surface area contributed by atoms with Gasteiger partial charge >= 0.3 is 0 Å². The summed E-state index contributed by atoms with van der Waals surface area (Å²) in [5.41, 5.74) is 16.7. The standard InChI is InChI=1S/C52H49N/c1-3-10-37(11-4-1)39-18-20-40(21-19-39)42-24-28-46(29-25-42)53(45-26-22-41(23-27-45)38-12-5-2-6-13-38)50-17-9-15-48-47-14-7-8-16-49(47)52(51(48)50)43-31-35-30-36(33-43)34-44(52)32-35/h2,5-9,12-29,35-37,43-44H,1,3-4,10-11,30-34H2. The first-order valence-electron chi connectivity index (χ1n) is 20.6. The Kier molecular flexibility index (Phi) is 7.53. The first-order valence-corrected chi connectivity index (χ1v) is 20.6. The van der Waals surface area contributed by atoms with Crippen molar-refractivity contribution in [2.24, 2.45) is 23.7 Å². The van der Waals surface area contributed by atoms with Crippen molar-refractivity contribution in [3.05, 3.63) is 162 Å². The van der Waals surface area contributed by atoms with Crippen LogP contribution in [0.2, 0.25) is 0 Å². The maximum absolute atomic E-state index is 2.60. The van der Waals surface area contributed by atoms with E-state index < -0.39 is 0 Å². The van der Waals surface area contributed by atoms with Crippen LogP contribution < -0.4 is 4.90 Å². The Bertz CT molecular complexity index is 2230. The van der Waals surface area contributed by atoms with Crippen molar-refractivity contribution < 1.29 is 0 Å². The lowest BCUT2D eigenvalue weighted by Gasteiger charge is -2.61. The van der Waals surface area contributed by atoms with Crippen LogP contribution >= 0.6 is 0 Å². The predicted molar refractivity (Wildman–Crippen MR) is 221 cm³/mol. The molecule has 6 aromatic carbocycles. The third-order valence-electron chi connectivity index (χ3n) is 14.5. The lowest BCUT2D eigenvalue weighted by Crippen LogP contribution is -2.55. The Morgan fingerprint density at radius 1 is 0.434 bits per heavy atom. The molecule has 4 bridgehead atoms. The maximum atomic E-state index is 2.60. The Labute approximate surface area is 315 Å². The van der Waals surface area contributed by atoms with Gasteiger partial charge in [-0.25, -0.2) is 0 Å². The van der Waals surface area contributed by atoms with Crippen LogP contribution in [0.25, 0.3) is 33.4 Å².